The molecular formula is C23H17NO3. The molecular weight excluding hydrogens is 338 g/mol. The van der Waals surface area contributed by atoms with Gasteiger partial charge in [-0.25, -0.2) is 4.79 Å². The van der Waals surface area contributed by atoms with Gasteiger partial charge in [-0.1, -0.05) is 60.2 Å². The average Bonchev–Trinajstić information content (AvgIpc) is 2.72. The Hall–Kier alpha value is -3.71. The summed E-state index contributed by atoms with van der Waals surface area (Å²) in [5, 5.41) is 8.82. The monoisotopic (exact) mass is 355 g/mol. The summed E-state index contributed by atoms with van der Waals surface area (Å²) < 4.78 is 5.36. The summed E-state index contributed by atoms with van der Waals surface area (Å²) in [5.41, 5.74) is 3.43. The molecule has 0 bridgehead atoms. The third-order valence-corrected chi connectivity index (χ3v) is 4.16. The van der Waals surface area contributed by atoms with Gasteiger partial charge in [0, 0.05) is 11.1 Å². The van der Waals surface area contributed by atoms with Crippen LogP contribution in [0.15, 0.2) is 72.8 Å². The summed E-state index contributed by atoms with van der Waals surface area (Å²) in [6, 6.07) is 22.7. The van der Waals surface area contributed by atoms with Gasteiger partial charge in [0.1, 0.15) is 6.61 Å². The fourth-order valence-corrected chi connectivity index (χ4v) is 2.62. The van der Waals surface area contributed by atoms with Crippen molar-refractivity contribution in [2.75, 3.05) is 0 Å². The van der Waals surface area contributed by atoms with E-state index in [-0.39, 0.29) is 18.0 Å². The number of rotatable bonds is 5. The highest BCUT2D eigenvalue weighted by atomic mass is 16.5. The van der Waals surface area contributed by atoms with Crippen molar-refractivity contribution in [3.05, 3.63) is 106 Å². The van der Waals surface area contributed by atoms with Crippen molar-refractivity contribution in [2.24, 2.45) is 0 Å². The second-order valence-corrected chi connectivity index (χ2v) is 6.13. The first-order valence-electron chi connectivity index (χ1n) is 8.45. The van der Waals surface area contributed by atoms with Crippen molar-refractivity contribution >= 4 is 11.8 Å². The minimum Gasteiger partial charge on any atom is -0.457 e. The van der Waals surface area contributed by atoms with Crippen LogP contribution < -0.4 is 0 Å². The summed E-state index contributed by atoms with van der Waals surface area (Å²) in [4.78, 5) is 25.3. The molecule has 3 aromatic carbocycles. The molecule has 3 rings (SSSR count). The van der Waals surface area contributed by atoms with Crippen LogP contribution in [0.2, 0.25) is 0 Å². The highest BCUT2D eigenvalue weighted by molar-refractivity contribution is 6.14. The minimum absolute atomic E-state index is 0.0671. The molecule has 3 aromatic rings. The number of carbonyl (C=O) groups is 2. The van der Waals surface area contributed by atoms with Crippen molar-refractivity contribution < 1.29 is 14.3 Å². The summed E-state index contributed by atoms with van der Waals surface area (Å²) in [5.74, 6) is -0.781. The van der Waals surface area contributed by atoms with Crippen LogP contribution in [0.1, 0.15) is 43.0 Å². The van der Waals surface area contributed by atoms with Crippen LogP contribution in [0.25, 0.3) is 0 Å². The van der Waals surface area contributed by atoms with Gasteiger partial charge in [-0.05, 0) is 30.7 Å². The zero-order valence-electron chi connectivity index (χ0n) is 14.8. The van der Waals surface area contributed by atoms with E-state index < -0.39 is 5.97 Å². The Balaban J connectivity index is 1.78. The van der Waals surface area contributed by atoms with Crippen molar-refractivity contribution in [2.45, 2.75) is 13.5 Å². The molecule has 4 heteroatoms. The van der Waals surface area contributed by atoms with E-state index in [0.717, 1.165) is 11.1 Å². The number of ketones is 1. The standard InChI is InChI=1S/C23H17NO3/c1-16-6-12-19(13-7-16)22(25)20-4-2-3-5-21(20)23(26)27-15-18-10-8-17(14-24)9-11-18/h2-13H,15H2,1H3. The largest absolute Gasteiger partial charge is 0.457 e. The van der Waals surface area contributed by atoms with Gasteiger partial charge >= 0.3 is 5.97 Å². The quantitative estimate of drug-likeness (QED) is 0.501. The Morgan fingerprint density at radius 2 is 1.52 bits per heavy atom. The molecule has 0 spiro atoms. The van der Waals surface area contributed by atoms with Crippen molar-refractivity contribution in [1.82, 2.24) is 0 Å². The number of ether oxygens (including phenoxy) is 1. The molecule has 0 atom stereocenters. The van der Waals surface area contributed by atoms with Gasteiger partial charge in [0.2, 0.25) is 0 Å². The molecule has 0 aromatic heterocycles. The van der Waals surface area contributed by atoms with Crippen molar-refractivity contribution in [3.8, 4) is 6.07 Å². The number of hydrogen-bond acceptors (Lipinski definition) is 4. The maximum Gasteiger partial charge on any atom is 0.339 e. The maximum absolute atomic E-state index is 12.8. The molecule has 4 nitrogen and oxygen atoms in total. The topological polar surface area (TPSA) is 67.2 Å². The van der Waals surface area contributed by atoms with Gasteiger partial charge < -0.3 is 4.74 Å². The van der Waals surface area contributed by atoms with E-state index in [1.165, 1.54) is 0 Å². The molecule has 27 heavy (non-hydrogen) atoms. The van der Waals surface area contributed by atoms with Gasteiger partial charge in [0.25, 0.3) is 0 Å². The lowest BCUT2D eigenvalue weighted by molar-refractivity contribution is 0.0470. The van der Waals surface area contributed by atoms with Crippen molar-refractivity contribution in [1.29, 1.82) is 5.26 Å². The highest BCUT2D eigenvalue weighted by Gasteiger charge is 2.19. The molecule has 0 fully saturated rings. The molecule has 0 N–H and O–H groups in total. The number of carbonyl (C=O) groups excluding carboxylic acids is 2. The Morgan fingerprint density at radius 1 is 0.889 bits per heavy atom. The second-order valence-electron chi connectivity index (χ2n) is 6.13. The first kappa shape index (κ1) is 18.1. The highest BCUT2D eigenvalue weighted by Crippen LogP contribution is 2.17. The van der Waals surface area contributed by atoms with Gasteiger partial charge in [-0.15, -0.1) is 0 Å². The van der Waals surface area contributed by atoms with Crippen LogP contribution in [-0.4, -0.2) is 11.8 Å². The van der Waals surface area contributed by atoms with E-state index in [1.54, 1.807) is 60.7 Å². The fraction of sp³-hybridized carbons (Fsp3) is 0.0870. The third-order valence-electron chi connectivity index (χ3n) is 4.16. The van der Waals surface area contributed by atoms with Gasteiger partial charge in [-0.2, -0.15) is 5.26 Å². The van der Waals surface area contributed by atoms with Crippen LogP contribution in [0, 0.1) is 18.3 Å². The Morgan fingerprint density at radius 3 is 2.15 bits per heavy atom. The Kier molecular flexibility index (Phi) is 5.44. The zero-order chi connectivity index (χ0) is 19.2. The molecule has 0 unspecified atom stereocenters. The predicted molar refractivity (Wildman–Crippen MR) is 101 cm³/mol. The normalized spacial score (nSPS) is 10.1. The molecule has 0 radical (unpaired) electrons. The van der Waals surface area contributed by atoms with Gasteiger partial charge in [0.15, 0.2) is 5.78 Å². The second kappa shape index (κ2) is 8.11. The number of benzene rings is 3. The number of nitrogens with zero attached hydrogens (tertiary/aromatic N) is 1. The summed E-state index contributed by atoms with van der Waals surface area (Å²) in [6.07, 6.45) is 0. The SMILES string of the molecule is Cc1ccc(C(=O)c2ccccc2C(=O)OCc2ccc(C#N)cc2)cc1. The number of aryl methyl sites for hydroxylation is 1. The molecule has 0 aliphatic carbocycles. The smallest absolute Gasteiger partial charge is 0.339 e. The number of nitriles is 1. The number of esters is 1. The average molecular weight is 355 g/mol. The first-order valence-corrected chi connectivity index (χ1v) is 8.45. The van der Waals surface area contributed by atoms with E-state index in [1.807, 2.05) is 25.1 Å². The maximum atomic E-state index is 12.8. The lowest BCUT2D eigenvalue weighted by Gasteiger charge is -2.09. The van der Waals surface area contributed by atoms with Gasteiger partial charge in [0.05, 0.1) is 17.2 Å². The van der Waals surface area contributed by atoms with Crippen molar-refractivity contribution in [3.63, 3.8) is 0 Å². The predicted octanol–water partition coefficient (Wildman–Crippen LogP) is 4.45. The lowest BCUT2D eigenvalue weighted by atomic mass is 9.98. The van der Waals surface area contributed by atoms with Gasteiger partial charge in [-0.3, -0.25) is 4.79 Å². The van der Waals surface area contributed by atoms with Crippen LogP contribution in [0.3, 0.4) is 0 Å². The van der Waals surface area contributed by atoms with E-state index in [0.29, 0.717) is 16.7 Å². The van der Waals surface area contributed by atoms with Crippen LogP contribution in [0.4, 0.5) is 0 Å². The molecule has 0 saturated carbocycles. The van der Waals surface area contributed by atoms with Crippen LogP contribution in [-0.2, 0) is 11.3 Å². The molecule has 0 heterocycles. The summed E-state index contributed by atoms with van der Waals surface area (Å²) in [6.45, 7) is 2.01. The summed E-state index contributed by atoms with van der Waals surface area (Å²) in [7, 11) is 0. The van der Waals surface area contributed by atoms with Crippen LogP contribution >= 0.6 is 0 Å². The molecule has 0 amide bonds. The third kappa shape index (κ3) is 4.28. The molecule has 0 aliphatic rings. The van der Waals surface area contributed by atoms with E-state index in [9.17, 15) is 9.59 Å². The lowest BCUT2D eigenvalue weighted by Crippen LogP contribution is -2.12. The molecule has 0 saturated heterocycles. The Labute approximate surface area is 157 Å². The fourth-order valence-electron chi connectivity index (χ4n) is 2.62. The zero-order valence-corrected chi connectivity index (χ0v) is 14.8. The Bertz CT molecular complexity index is 1010. The van der Waals surface area contributed by atoms with Crippen LogP contribution in [0.5, 0.6) is 0 Å². The molecule has 0 aliphatic heterocycles. The van der Waals surface area contributed by atoms with E-state index >= 15 is 0 Å². The minimum atomic E-state index is -0.560. The van der Waals surface area contributed by atoms with E-state index in [4.69, 9.17) is 10.00 Å². The van der Waals surface area contributed by atoms with E-state index in [2.05, 4.69) is 0 Å². The first-order chi connectivity index (χ1) is 13.1. The number of hydrogen-bond donors (Lipinski definition) is 0. The molecule has 132 valence electrons. The summed E-state index contributed by atoms with van der Waals surface area (Å²) >= 11 is 0.